The van der Waals surface area contributed by atoms with E-state index in [4.69, 9.17) is 11.6 Å². The van der Waals surface area contributed by atoms with E-state index in [1.807, 2.05) is 6.07 Å². The molecule has 0 aliphatic carbocycles. The van der Waals surface area contributed by atoms with Crippen LogP contribution in [0, 0.1) is 16.2 Å². The molecule has 2 rings (SSSR count). The van der Waals surface area contributed by atoms with Gasteiger partial charge in [-0.25, -0.2) is 0 Å². The van der Waals surface area contributed by atoms with Gasteiger partial charge in [0, 0.05) is 11.1 Å². The first kappa shape index (κ1) is 10.6. The summed E-state index contributed by atoms with van der Waals surface area (Å²) in [4.78, 5) is 10.1. The Morgan fingerprint density at radius 3 is 2.62 bits per heavy atom. The van der Waals surface area contributed by atoms with Crippen LogP contribution >= 0.6 is 11.6 Å². The topological polar surface area (TPSA) is 43.1 Å². The molecule has 1 radical (unpaired) electrons. The first-order valence-corrected chi connectivity index (χ1v) is 4.97. The number of hydrogen-bond donors (Lipinski definition) is 0. The molecule has 0 amide bonds. The van der Waals surface area contributed by atoms with Gasteiger partial charge in [0.2, 0.25) is 0 Å². The maximum Gasteiger partial charge on any atom is 0.278 e. The van der Waals surface area contributed by atoms with Crippen molar-refractivity contribution < 1.29 is 4.92 Å². The largest absolute Gasteiger partial charge is 0.278 e. The Hall–Kier alpha value is -1.87. The van der Waals surface area contributed by atoms with Crippen LogP contribution in [0.4, 0.5) is 5.69 Å². The highest BCUT2D eigenvalue weighted by Gasteiger charge is 2.07. The third-order valence-electron chi connectivity index (χ3n) is 2.14. The predicted octanol–water partition coefficient (Wildman–Crippen LogP) is 3.72. The van der Waals surface area contributed by atoms with Crippen LogP contribution in [0.1, 0.15) is 0 Å². The minimum Gasteiger partial charge on any atom is -0.258 e. The first-order chi connectivity index (χ1) is 7.66. The molecule has 0 heterocycles. The monoisotopic (exact) mass is 232 g/mol. The lowest BCUT2D eigenvalue weighted by Gasteiger charge is -2.01. The molecule has 79 valence electrons. The molecule has 0 unspecified atom stereocenters. The van der Waals surface area contributed by atoms with Crippen molar-refractivity contribution in [3.63, 3.8) is 0 Å². The van der Waals surface area contributed by atoms with Gasteiger partial charge in [0.25, 0.3) is 5.69 Å². The van der Waals surface area contributed by atoms with E-state index in [1.54, 1.807) is 24.3 Å². The molecule has 0 aliphatic rings. The second-order valence-electron chi connectivity index (χ2n) is 3.23. The van der Waals surface area contributed by atoms with Gasteiger partial charge in [-0.15, -0.1) is 0 Å². The molecule has 0 spiro atoms. The standard InChI is InChI=1S/C12H7ClNO2/c13-11-5-1-3-9(7-11)10-4-2-6-12(8-10)14(15)16/h1-5,7-8H. The van der Waals surface area contributed by atoms with Crippen LogP contribution in [0.25, 0.3) is 11.1 Å². The number of halogens is 1. The summed E-state index contributed by atoms with van der Waals surface area (Å²) in [6.45, 7) is 0. The summed E-state index contributed by atoms with van der Waals surface area (Å²) < 4.78 is 0. The summed E-state index contributed by atoms with van der Waals surface area (Å²) in [7, 11) is 0. The summed E-state index contributed by atoms with van der Waals surface area (Å²) in [5.74, 6) is 0. The van der Waals surface area contributed by atoms with Gasteiger partial charge in [-0.05, 0) is 29.3 Å². The number of non-ortho nitro benzene ring substituents is 1. The SMILES string of the molecule is O=[N+]([O-])c1[c]ccc(-c2cccc(Cl)c2)c1. The number of nitrogens with zero attached hydrogens (tertiary/aromatic N) is 1. The molecule has 0 atom stereocenters. The summed E-state index contributed by atoms with van der Waals surface area (Å²) in [5, 5.41) is 11.2. The van der Waals surface area contributed by atoms with Crippen LogP contribution in [0.2, 0.25) is 5.02 Å². The van der Waals surface area contributed by atoms with Crippen molar-refractivity contribution in [2.24, 2.45) is 0 Å². The maximum absolute atomic E-state index is 10.6. The van der Waals surface area contributed by atoms with Gasteiger partial charge in [0.1, 0.15) is 0 Å². The fraction of sp³-hybridized carbons (Fsp3) is 0. The van der Waals surface area contributed by atoms with Crippen molar-refractivity contribution in [2.45, 2.75) is 0 Å². The zero-order chi connectivity index (χ0) is 11.5. The Morgan fingerprint density at radius 2 is 1.94 bits per heavy atom. The molecule has 3 nitrogen and oxygen atoms in total. The highest BCUT2D eigenvalue weighted by molar-refractivity contribution is 6.30. The van der Waals surface area contributed by atoms with Crippen LogP contribution < -0.4 is 0 Å². The van der Waals surface area contributed by atoms with Crippen LogP contribution in [0.15, 0.2) is 42.5 Å². The van der Waals surface area contributed by atoms with Crippen molar-refractivity contribution in [1.82, 2.24) is 0 Å². The van der Waals surface area contributed by atoms with Gasteiger partial charge < -0.3 is 0 Å². The van der Waals surface area contributed by atoms with E-state index in [0.29, 0.717) is 5.02 Å². The molecule has 0 aliphatic heterocycles. The van der Waals surface area contributed by atoms with Crippen LogP contribution in [0.5, 0.6) is 0 Å². The molecular formula is C12H7ClNO2. The lowest BCUT2D eigenvalue weighted by atomic mass is 10.1. The van der Waals surface area contributed by atoms with Crippen LogP contribution in [-0.4, -0.2) is 4.92 Å². The van der Waals surface area contributed by atoms with Gasteiger partial charge in [0.05, 0.1) is 11.0 Å². The van der Waals surface area contributed by atoms with Gasteiger partial charge in [-0.3, -0.25) is 10.1 Å². The molecule has 2 aromatic carbocycles. The van der Waals surface area contributed by atoms with Crippen molar-refractivity contribution in [1.29, 1.82) is 0 Å². The molecule has 4 heteroatoms. The molecule has 0 bridgehead atoms. The van der Waals surface area contributed by atoms with Gasteiger partial charge >= 0.3 is 0 Å². The van der Waals surface area contributed by atoms with Crippen molar-refractivity contribution in [3.8, 4) is 11.1 Å². The second kappa shape index (κ2) is 4.33. The Kier molecular flexibility index (Phi) is 2.88. The van der Waals surface area contributed by atoms with E-state index < -0.39 is 4.92 Å². The number of hydrogen-bond acceptors (Lipinski definition) is 2. The third kappa shape index (κ3) is 2.20. The predicted molar refractivity (Wildman–Crippen MR) is 62.4 cm³/mol. The van der Waals surface area contributed by atoms with Crippen molar-refractivity contribution in [3.05, 3.63) is 63.7 Å². The number of nitro benzene ring substituents is 1. The molecule has 16 heavy (non-hydrogen) atoms. The summed E-state index contributed by atoms with van der Waals surface area (Å²) in [6, 6.07) is 14.5. The normalized spacial score (nSPS) is 10.1. The van der Waals surface area contributed by atoms with E-state index >= 15 is 0 Å². The smallest absolute Gasteiger partial charge is 0.258 e. The Labute approximate surface area is 97.4 Å². The maximum atomic E-state index is 10.6. The molecule has 0 N–H and O–H groups in total. The molecule has 2 aromatic rings. The lowest BCUT2D eigenvalue weighted by Crippen LogP contribution is -1.88. The molecule has 0 saturated heterocycles. The Bertz CT molecular complexity index is 540. The minimum absolute atomic E-state index is 0.0440. The van der Waals surface area contributed by atoms with E-state index in [9.17, 15) is 10.1 Å². The first-order valence-electron chi connectivity index (χ1n) is 4.59. The average Bonchev–Trinajstić information content (AvgIpc) is 2.29. The highest BCUT2D eigenvalue weighted by atomic mass is 35.5. The Balaban J connectivity index is 2.48. The fourth-order valence-electron chi connectivity index (χ4n) is 1.41. The van der Waals surface area contributed by atoms with Gasteiger partial charge in [-0.1, -0.05) is 29.8 Å². The Morgan fingerprint density at radius 1 is 1.19 bits per heavy atom. The van der Waals surface area contributed by atoms with Crippen LogP contribution in [0.3, 0.4) is 0 Å². The molecule has 0 fully saturated rings. The minimum atomic E-state index is -0.464. The highest BCUT2D eigenvalue weighted by Crippen LogP contribution is 2.25. The molecular weight excluding hydrogens is 226 g/mol. The number of nitro groups is 1. The zero-order valence-corrected chi connectivity index (χ0v) is 8.94. The quantitative estimate of drug-likeness (QED) is 0.585. The van der Waals surface area contributed by atoms with Crippen molar-refractivity contribution >= 4 is 17.3 Å². The summed E-state index contributed by atoms with van der Waals surface area (Å²) in [5.41, 5.74) is 1.56. The zero-order valence-electron chi connectivity index (χ0n) is 8.18. The fourth-order valence-corrected chi connectivity index (χ4v) is 1.60. The van der Waals surface area contributed by atoms with Crippen molar-refractivity contribution in [2.75, 3.05) is 0 Å². The van der Waals surface area contributed by atoms with Gasteiger partial charge in [-0.2, -0.15) is 0 Å². The third-order valence-corrected chi connectivity index (χ3v) is 2.38. The van der Waals surface area contributed by atoms with E-state index in [0.717, 1.165) is 11.1 Å². The summed E-state index contributed by atoms with van der Waals surface area (Å²) in [6.07, 6.45) is 0. The molecule has 0 aromatic heterocycles. The second-order valence-corrected chi connectivity index (χ2v) is 3.67. The average molecular weight is 233 g/mol. The van der Waals surface area contributed by atoms with E-state index in [-0.39, 0.29) is 5.69 Å². The lowest BCUT2D eigenvalue weighted by molar-refractivity contribution is -0.385. The number of benzene rings is 2. The summed E-state index contributed by atoms with van der Waals surface area (Å²) >= 11 is 5.86. The van der Waals surface area contributed by atoms with Gasteiger partial charge in [0.15, 0.2) is 0 Å². The van der Waals surface area contributed by atoms with Crippen LogP contribution in [-0.2, 0) is 0 Å². The van der Waals surface area contributed by atoms with E-state index in [1.165, 1.54) is 12.1 Å². The number of rotatable bonds is 2. The molecule has 0 saturated carbocycles. The van der Waals surface area contributed by atoms with E-state index in [2.05, 4.69) is 6.07 Å².